The van der Waals surface area contributed by atoms with E-state index in [0.717, 1.165) is 0 Å². The van der Waals surface area contributed by atoms with Gasteiger partial charge in [0.2, 0.25) is 0 Å². The molecule has 0 saturated carbocycles. The zero-order chi connectivity index (χ0) is 26.0. The summed E-state index contributed by atoms with van der Waals surface area (Å²) >= 11 is 0. The van der Waals surface area contributed by atoms with Crippen LogP contribution in [0.25, 0.3) is 0 Å². The Balaban J connectivity index is 1.76. The van der Waals surface area contributed by atoms with Crippen molar-refractivity contribution in [2.24, 2.45) is 0 Å². The Bertz CT molecular complexity index is 656. The lowest BCUT2D eigenvalue weighted by Gasteiger charge is -2.48. The highest BCUT2D eigenvalue weighted by molar-refractivity contribution is 4.96. The van der Waals surface area contributed by atoms with E-state index in [4.69, 9.17) is 33.2 Å². The van der Waals surface area contributed by atoms with Gasteiger partial charge in [0.25, 0.3) is 0 Å². The number of hydrogen-bond acceptors (Lipinski definition) is 15. The molecule has 3 rings (SSSR count). The van der Waals surface area contributed by atoms with Gasteiger partial charge in [-0.05, 0) is 6.92 Å². The van der Waals surface area contributed by atoms with Crippen LogP contribution in [0.2, 0.25) is 0 Å². The van der Waals surface area contributed by atoms with Gasteiger partial charge in [-0.3, -0.25) is 0 Å². The Morgan fingerprint density at radius 2 is 1.09 bits per heavy atom. The predicted molar refractivity (Wildman–Crippen MR) is 109 cm³/mol. The Kier molecular flexibility index (Phi) is 10.2. The number of hydrogen-bond donors (Lipinski definition) is 8. The molecule has 8 N–H and O–H groups in total. The van der Waals surface area contributed by atoms with Gasteiger partial charge in [-0.2, -0.15) is 0 Å². The maximum absolute atomic E-state index is 10.9. The monoisotopic (exact) mass is 516 g/mol. The second-order valence-corrected chi connectivity index (χ2v) is 8.74. The molecule has 0 aliphatic carbocycles. The van der Waals surface area contributed by atoms with Crippen LogP contribution in [-0.4, -0.2) is 160 Å². The molecular weight excluding hydrogens is 480 g/mol. The van der Waals surface area contributed by atoms with Gasteiger partial charge in [-0.15, -0.1) is 0 Å². The average molecular weight is 516 g/mol. The van der Waals surface area contributed by atoms with Crippen molar-refractivity contribution < 1.29 is 74.0 Å². The molecule has 0 aromatic heterocycles. The zero-order valence-corrected chi connectivity index (χ0v) is 19.5. The summed E-state index contributed by atoms with van der Waals surface area (Å²) in [6, 6.07) is 0. The third-order valence-electron chi connectivity index (χ3n) is 6.54. The molecule has 3 saturated heterocycles. The van der Waals surface area contributed by atoms with Crippen LogP contribution < -0.4 is 0 Å². The number of aliphatic hydroxyl groups is 8. The summed E-state index contributed by atoms with van der Waals surface area (Å²) in [5.74, 6) is 0. The quantitative estimate of drug-likeness (QED) is 0.151. The first kappa shape index (κ1) is 29.0. The summed E-state index contributed by atoms with van der Waals surface area (Å²) in [6.07, 6.45) is -20.3. The van der Waals surface area contributed by atoms with Gasteiger partial charge >= 0.3 is 0 Å². The minimum absolute atomic E-state index is 0.602. The summed E-state index contributed by atoms with van der Waals surface area (Å²) in [5, 5.41) is 80.9. The van der Waals surface area contributed by atoms with Crippen LogP contribution >= 0.6 is 0 Å². The van der Waals surface area contributed by atoms with Crippen LogP contribution in [0.1, 0.15) is 6.92 Å². The predicted octanol–water partition coefficient (Wildman–Crippen LogP) is -5.24. The molecule has 0 radical (unpaired) electrons. The number of rotatable bonds is 8. The molecule has 3 aliphatic heterocycles. The minimum Gasteiger partial charge on any atom is -0.394 e. The fourth-order valence-electron chi connectivity index (χ4n) is 4.55. The molecule has 15 atom stereocenters. The van der Waals surface area contributed by atoms with Gasteiger partial charge in [0.15, 0.2) is 18.9 Å². The van der Waals surface area contributed by atoms with Crippen LogP contribution in [0.15, 0.2) is 0 Å². The maximum atomic E-state index is 10.9. The molecule has 3 heterocycles. The molecule has 0 amide bonds. The van der Waals surface area contributed by atoms with E-state index >= 15 is 0 Å². The van der Waals surface area contributed by atoms with Crippen LogP contribution in [-0.2, 0) is 33.2 Å². The van der Waals surface area contributed by atoms with Crippen molar-refractivity contribution in [3.63, 3.8) is 0 Å². The third-order valence-corrected chi connectivity index (χ3v) is 6.54. The van der Waals surface area contributed by atoms with Crippen LogP contribution in [0.5, 0.6) is 0 Å². The van der Waals surface area contributed by atoms with E-state index in [2.05, 4.69) is 0 Å². The largest absolute Gasteiger partial charge is 0.394 e. The number of ether oxygens (including phenoxy) is 7. The first-order chi connectivity index (χ1) is 16.6. The summed E-state index contributed by atoms with van der Waals surface area (Å²) in [5.41, 5.74) is 0. The summed E-state index contributed by atoms with van der Waals surface area (Å²) in [6.45, 7) is 0.219. The van der Waals surface area contributed by atoms with Crippen molar-refractivity contribution in [1.29, 1.82) is 0 Å². The summed E-state index contributed by atoms with van der Waals surface area (Å²) in [7, 11) is 2.50. The van der Waals surface area contributed by atoms with E-state index in [1.54, 1.807) is 0 Å². The van der Waals surface area contributed by atoms with Crippen molar-refractivity contribution in [2.45, 2.75) is 99.0 Å². The second-order valence-electron chi connectivity index (χ2n) is 8.74. The van der Waals surface area contributed by atoms with Crippen molar-refractivity contribution in [1.82, 2.24) is 0 Å². The highest BCUT2D eigenvalue weighted by Crippen LogP contribution is 2.33. The fraction of sp³-hybridized carbons (Fsp3) is 1.00. The molecule has 0 aromatic rings. The van der Waals surface area contributed by atoms with E-state index in [-0.39, 0.29) is 0 Å². The Morgan fingerprint density at radius 1 is 0.571 bits per heavy atom. The van der Waals surface area contributed by atoms with Gasteiger partial charge in [0.1, 0.15) is 67.1 Å². The van der Waals surface area contributed by atoms with E-state index in [0.29, 0.717) is 0 Å². The van der Waals surface area contributed by atoms with E-state index in [1.807, 2.05) is 0 Å². The topological polar surface area (TPSA) is 226 Å². The van der Waals surface area contributed by atoms with Gasteiger partial charge in [-0.1, -0.05) is 0 Å². The van der Waals surface area contributed by atoms with Gasteiger partial charge < -0.3 is 74.0 Å². The second kappa shape index (κ2) is 12.3. The Morgan fingerprint density at radius 3 is 1.63 bits per heavy atom. The van der Waals surface area contributed by atoms with Crippen molar-refractivity contribution in [2.75, 3.05) is 27.4 Å². The minimum atomic E-state index is -1.67. The molecular formula is C20H36O15. The van der Waals surface area contributed by atoms with E-state index in [1.165, 1.54) is 21.1 Å². The molecule has 0 aromatic carbocycles. The smallest absolute Gasteiger partial charge is 0.187 e. The highest BCUT2D eigenvalue weighted by atomic mass is 16.8. The molecule has 0 spiro atoms. The van der Waals surface area contributed by atoms with E-state index in [9.17, 15) is 40.9 Å². The molecule has 15 unspecified atom stereocenters. The van der Waals surface area contributed by atoms with Gasteiger partial charge in [0.05, 0.1) is 19.3 Å². The molecule has 15 heteroatoms. The number of methoxy groups -OCH3 is 2. The lowest BCUT2D eigenvalue weighted by molar-refractivity contribution is -0.378. The van der Waals surface area contributed by atoms with E-state index < -0.39 is 105 Å². The standard InChI is InChI=1S/C20H36O15/c1-6-14(10(24)11(25)18(28)31-6)34-20-13(27)17(30-3)15(8(5-22)33-20)35-19-12(26)16(29-2)9(23)7(4-21)32-19/h6-28H,4-5H2,1-3H3. The van der Waals surface area contributed by atoms with Crippen molar-refractivity contribution in [3.05, 3.63) is 0 Å². The lowest BCUT2D eigenvalue weighted by Crippen LogP contribution is -2.66. The average Bonchev–Trinajstić information content (AvgIpc) is 2.83. The SMILES string of the molecule is COC1C(O)C(CO)OC(OC2C(CO)OC(OC3C(C)OC(O)C(O)C3O)C(O)C2OC)C1O. The molecule has 3 fully saturated rings. The van der Waals surface area contributed by atoms with Gasteiger partial charge in [-0.25, -0.2) is 0 Å². The third kappa shape index (κ3) is 5.79. The van der Waals surface area contributed by atoms with Crippen LogP contribution in [0.4, 0.5) is 0 Å². The molecule has 3 aliphatic rings. The van der Waals surface area contributed by atoms with Gasteiger partial charge in [0, 0.05) is 14.2 Å². The Labute approximate surface area is 201 Å². The zero-order valence-electron chi connectivity index (χ0n) is 19.5. The number of aliphatic hydroxyl groups excluding tert-OH is 8. The fourth-order valence-corrected chi connectivity index (χ4v) is 4.55. The van der Waals surface area contributed by atoms with Crippen molar-refractivity contribution in [3.8, 4) is 0 Å². The lowest BCUT2D eigenvalue weighted by atomic mass is 9.96. The normalized spacial score (nSPS) is 51.3. The highest BCUT2D eigenvalue weighted by Gasteiger charge is 2.53. The summed E-state index contributed by atoms with van der Waals surface area (Å²) in [4.78, 5) is 0. The Hall–Kier alpha value is -0.600. The molecule has 35 heavy (non-hydrogen) atoms. The molecule has 206 valence electrons. The molecule has 0 bridgehead atoms. The first-order valence-corrected chi connectivity index (χ1v) is 11.2. The van der Waals surface area contributed by atoms with Crippen LogP contribution in [0, 0.1) is 0 Å². The van der Waals surface area contributed by atoms with Crippen LogP contribution in [0.3, 0.4) is 0 Å². The summed E-state index contributed by atoms with van der Waals surface area (Å²) < 4.78 is 38.2. The van der Waals surface area contributed by atoms with Crippen molar-refractivity contribution >= 4 is 0 Å². The first-order valence-electron chi connectivity index (χ1n) is 11.2. The molecule has 15 nitrogen and oxygen atoms in total. The maximum Gasteiger partial charge on any atom is 0.187 e.